The Morgan fingerprint density at radius 1 is 1.67 bits per heavy atom. The van der Waals surface area contributed by atoms with E-state index in [0.29, 0.717) is 11.1 Å². The SMILES string of the molecule is Clc1cc(C2CC2)on1. The van der Waals surface area contributed by atoms with Crippen LogP contribution in [0, 0.1) is 0 Å². The Hall–Kier alpha value is -0.500. The summed E-state index contributed by atoms with van der Waals surface area (Å²) in [6.07, 6.45) is 2.46. The predicted octanol–water partition coefficient (Wildman–Crippen LogP) is 2.21. The van der Waals surface area contributed by atoms with Gasteiger partial charge in [-0.15, -0.1) is 0 Å². The molecule has 1 saturated carbocycles. The molecule has 3 heteroatoms. The van der Waals surface area contributed by atoms with Gasteiger partial charge in [0, 0.05) is 12.0 Å². The minimum atomic E-state index is 0.469. The van der Waals surface area contributed by atoms with E-state index in [9.17, 15) is 0 Å². The van der Waals surface area contributed by atoms with Crippen LogP contribution in [0.1, 0.15) is 24.5 Å². The molecule has 0 atom stereocenters. The summed E-state index contributed by atoms with van der Waals surface area (Å²) >= 11 is 5.53. The Labute approximate surface area is 57.8 Å². The highest BCUT2D eigenvalue weighted by molar-refractivity contribution is 6.29. The van der Waals surface area contributed by atoms with Crippen LogP contribution < -0.4 is 0 Å². The summed E-state index contributed by atoms with van der Waals surface area (Å²) in [4.78, 5) is 0. The van der Waals surface area contributed by atoms with Crippen molar-refractivity contribution in [2.24, 2.45) is 0 Å². The molecule has 2 nitrogen and oxygen atoms in total. The van der Waals surface area contributed by atoms with Crippen LogP contribution in [0.25, 0.3) is 0 Å². The van der Waals surface area contributed by atoms with Crippen LogP contribution in [0.4, 0.5) is 0 Å². The maximum absolute atomic E-state index is 5.53. The van der Waals surface area contributed by atoms with Gasteiger partial charge in [0.15, 0.2) is 5.15 Å². The molecule has 1 aromatic heterocycles. The molecule has 2 rings (SSSR count). The smallest absolute Gasteiger partial charge is 0.172 e. The number of nitrogens with zero attached hydrogens (tertiary/aromatic N) is 1. The third-order valence-electron chi connectivity index (χ3n) is 1.48. The molecule has 1 heterocycles. The second kappa shape index (κ2) is 1.74. The summed E-state index contributed by atoms with van der Waals surface area (Å²) < 4.78 is 4.91. The van der Waals surface area contributed by atoms with Gasteiger partial charge in [-0.3, -0.25) is 0 Å². The highest BCUT2D eigenvalue weighted by Crippen LogP contribution is 2.40. The highest BCUT2D eigenvalue weighted by atomic mass is 35.5. The van der Waals surface area contributed by atoms with Crippen LogP contribution in [0.15, 0.2) is 10.6 Å². The normalized spacial score (nSPS) is 18.3. The molecule has 0 saturated heterocycles. The van der Waals surface area contributed by atoms with Gasteiger partial charge in [0.05, 0.1) is 0 Å². The van der Waals surface area contributed by atoms with Crippen molar-refractivity contribution in [1.29, 1.82) is 0 Å². The van der Waals surface area contributed by atoms with E-state index in [0.717, 1.165) is 5.76 Å². The average Bonchev–Trinajstić information content (AvgIpc) is 2.58. The van der Waals surface area contributed by atoms with E-state index in [1.54, 1.807) is 6.07 Å². The molecule has 0 spiro atoms. The van der Waals surface area contributed by atoms with E-state index in [1.807, 2.05) is 0 Å². The zero-order chi connectivity index (χ0) is 6.27. The Morgan fingerprint density at radius 3 is 2.89 bits per heavy atom. The largest absolute Gasteiger partial charge is 0.360 e. The molecule has 48 valence electrons. The van der Waals surface area contributed by atoms with Gasteiger partial charge in [0.25, 0.3) is 0 Å². The van der Waals surface area contributed by atoms with Crippen molar-refractivity contribution < 1.29 is 4.52 Å². The molecule has 0 aromatic carbocycles. The van der Waals surface area contributed by atoms with Crippen LogP contribution in [-0.4, -0.2) is 5.16 Å². The Morgan fingerprint density at radius 2 is 2.44 bits per heavy atom. The minimum Gasteiger partial charge on any atom is -0.360 e. The standard InChI is InChI=1S/C6H6ClNO/c7-6-3-5(9-8-6)4-1-2-4/h3-4H,1-2H2. The summed E-state index contributed by atoms with van der Waals surface area (Å²) in [6, 6.07) is 1.79. The summed E-state index contributed by atoms with van der Waals surface area (Å²) in [7, 11) is 0. The molecule has 1 aromatic rings. The van der Waals surface area contributed by atoms with Crippen LogP contribution in [-0.2, 0) is 0 Å². The molecule has 1 fully saturated rings. The van der Waals surface area contributed by atoms with E-state index in [1.165, 1.54) is 12.8 Å². The average molecular weight is 144 g/mol. The zero-order valence-electron chi connectivity index (χ0n) is 4.80. The third-order valence-corrected chi connectivity index (χ3v) is 1.66. The summed E-state index contributed by atoms with van der Waals surface area (Å²) in [5.74, 6) is 1.56. The van der Waals surface area contributed by atoms with Crippen molar-refractivity contribution in [2.75, 3.05) is 0 Å². The van der Waals surface area contributed by atoms with Crippen molar-refractivity contribution >= 4 is 11.6 Å². The van der Waals surface area contributed by atoms with Gasteiger partial charge >= 0.3 is 0 Å². The van der Waals surface area contributed by atoms with Gasteiger partial charge in [0.1, 0.15) is 5.76 Å². The fourth-order valence-corrected chi connectivity index (χ4v) is 0.969. The van der Waals surface area contributed by atoms with Crippen molar-refractivity contribution in [3.63, 3.8) is 0 Å². The van der Waals surface area contributed by atoms with Gasteiger partial charge < -0.3 is 4.52 Å². The Bertz CT molecular complexity index is 217. The fraction of sp³-hybridized carbons (Fsp3) is 0.500. The number of rotatable bonds is 1. The van der Waals surface area contributed by atoms with E-state index < -0.39 is 0 Å². The summed E-state index contributed by atoms with van der Waals surface area (Å²) in [5, 5.41) is 4.04. The van der Waals surface area contributed by atoms with Crippen LogP contribution >= 0.6 is 11.6 Å². The predicted molar refractivity (Wildman–Crippen MR) is 33.5 cm³/mol. The quantitative estimate of drug-likeness (QED) is 0.603. The van der Waals surface area contributed by atoms with E-state index in [-0.39, 0.29) is 0 Å². The topological polar surface area (TPSA) is 26.0 Å². The Balaban J connectivity index is 2.28. The first-order valence-electron chi connectivity index (χ1n) is 2.98. The lowest BCUT2D eigenvalue weighted by Gasteiger charge is -1.79. The molecule has 0 radical (unpaired) electrons. The molecule has 1 aliphatic rings. The lowest BCUT2D eigenvalue weighted by molar-refractivity contribution is 0.384. The molecule has 0 bridgehead atoms. The second-order valence-corrected chi connectivity index (χ2v) is 2.71. The number of halogens is 1. The van der Waals surface area contributed by atoms with E-state index in [4.69, 9.17) is 16.1 Å². The fourth-order valence-electron chi connectivity index (χ4n) is 0.827. The number of hydrogen-bond donors (Lipinski definition) is 0. The summed E-state index contributed by atoms with van der Waals surface area (Å²) in [5.41, 5.74) is 0. The molecule has 9 heavy (non-hydrogen) atoms. The second-order valence-electron chi connectivity index (χ2n) is 2.33. The van der Waals surface area contributed by atoms with Crippen LogP contribution in [0.3, 0.4) is 0 Å². The van der Waals surface area contributed by atoms with Crippen molar-refractivity contribution in [2.45, 2.75) is 18.8 Å². The van der Waals surface area contributed by atoms with E-state index in [2.05, 4.69) is 5.16 Å². The van der Waals surface area contributed by atoms with Gasteiger partial charge in [-0.05, 0) is 12.8 Å². The lowest BCUT2D eigenvalue weighted by Crippen LogP contribution is -1.67. The molecule has 0 amide bonds. The lowest BCUT2D eigenvalue weighted by atomic mass is 10.3. The number of aromatic nitrogens is 1. The molecule has 0 aliphatic heterocycles. The maximum Gasteiger partial charge on any atom is 0.172 e. The van der Waals surface area contributed by atoms with Crippen molar-refractivity contribution in [1.82, 2.24) is 5.16 Å². The van der Waals surface area contributed by atoms with E-state index >= 15 is 0 Å². The highest BCUT2D eigenvalue weighted by Gasteiger charge is 2.27. The molecule has 1 aliphatic carbocycles. The van der Waals surface area contributed by atoms with Gasteiger partial charge in [0.2, 0.25) is 0 Å². The molecular weight excluding hydrogens is 138 g/mol. The first-order valence-corrected chi connectivity index (χ1v) is 3.36. The van der Waals surface area contributed by atoms with Gasteiger partial charge in [-0.25, -0.2) is 0 Å². The monoisotopic (exact) mass is 143 g/mol. The molecular formula is C6H6ClNO. The van der Waals surface area contributed by atoms with Crippen molar-refractivity contribution in [3.8, 4) is 0 Å². The number of hydrogen-bond acceptors (Lipinski definition) is 2. The first kappa shape index (κ1) is 5.30. The third kappa shape index (κ3) is 0.944. The van der Waals surface area contributed by atoms with Gasteiger partial charge in [-0.2, -0.15) is 0 Å². The van der Waals surface area contributed by atoms with Crippen LogP contribution in [0.5, 0.6) is 0 Å². The minimum absolute atomic E-state index is 0.469. The Kier molecular flexibility index (Phi) is 1.02. The maximum atomic E-state index is 5.53. The molecule has 0 N–H and O–H groups in total. The first-order chi connectivity index (χ1) is 4.36. The van der Waals surface area contributed by atoms with Crippen molar-refractivity contribution in [3.05, 3.63) is 17.0 Å². The van der Waals surface area contributed by atoms with Gasteiger partial charge in [-0.1, -0.05) is 16.8 Å². The molecule has 0 unspecified atom stereocenters. The zero-order valence-corrected chi connectivity index (χ0v) is 5.56. The van der Waals surface area contributed by atoms with Crippen LogP contribution in [0.2, 0.25) is 5.15 Å². The summed E-state index contributed by atoms with van der Waals surface area (Å²) in [6.45, 7) is 0.